The van der Waals surface area contributed by atoms with Gasteiger partial charge in [0, 0.05) is 10.9 Å². The minimum absolute atomic E-state index is 0.0443. The topological polar surface area (TPSA) is 55.1 Å². The molecule has 0 aliphatic heterocycles. The molecule has 0 aliphatic rings. The van der Waals surface area contributed by atoms with Crippen LogP contribution in [-0.2, 0) is 6.54 Å². The molecule has 4 nitrogen and oxygen atoms in total. The Kier molecular flexibility index (Phi) is 3.13. The molecule has 0 radical (unpaired) electrons. The van der Waals surface area contributed by atoms with E-state index in [2.05, 4.69) is 5.10 Å². The van der Waals surface area contributed by atoms with Crippen molar-refractivity contribution >= 4 is 16.9 Å². The zero-order valence-corrected chi connectivity index (χ0v) is 10.8. The number of hydrogen-bond acceptors (Lipinski definition) is 2. The van der Waals surface area contributed by atoms with Gasteiger partial charge in [0.2, 0.25) is 0 Å². The molecule has 0 spiro atoms. The van der Waals surface area contributed by atoms with Gasteiger partial charge < -0.3 is 5.11 Å². The summed E-state index contributed by atoms with van der Waals surface area (Å²) in [5.41, 5.74) is 0.557. The van der Waals surface area contributed by atoms with Crippen LogP contribution < -0.4 is 0 Å². The minimum Gasteiger partial charge on any atom is -0.476 e. The second-order valence-electron chi connectivity index (χ2n) is 4.56. The summed E-state index contributed by atoms with van der Waals surface area (Å²) >= 11 is 0. The summed E-state index contributed by atoms with van der Waals surface area (Å²) in [5, 5.41) is 13.6. The molecule has 0 aliphatic carbocycles. The van der Waals surface area contributed by atoms with E-state index in [9.17, 15) is 13.6 Å². The summed E-state index contributed by atoms with van der Waals surface area (Å²) in [6.07, 6.45) is 0. The Bertz CT molecular complexity index is 843. The van der Waals surface area contributed by atoms with E-state index in [1.165, 1.54) is 4.68 Å². The quantitative estimate of drug-likeness (QED) is 0.806. The lowest BCUT2D eigenvalue weighted by Gasteiger charge is -2.05. The van der Waals surface area contributed by atoms with Gasteiger partial charge in [-0.1, -0.05) is 18.2 Å². The highest BCUT2D eigenvalue weighted by atomic mass is 19.1. The molecule has 0 unspecified atom stereocenters. The van der Waals surface area contributed by atoms with E-state index in [-0.39, 0.29) is 17.8 Å². The second-order valence-corrected chi connectivity index (χ2v) is 4.56. The number of benzene rings is 2. The first kappa shape index (κ1) is 13.2. The molecule has 0 bridgehead atoms. The number of fused-ring (bicyclic) bond motifs is 1. The molecule has 2 aromatic carbocycles. The highest BCUT2D eigenvalue weighted by molar-refractivity contribution is 6.01. The van der Waals surface area contributed by atoms with Gasteiger partial charge in [-0.15, -0.1) is 0 Å². The summed E-state index contributed by atoms with van der Waals surface area (Å²) in [7, 11) is 0. The van der Waals surface area contributed by atoms with Gasteiger partial charge in [-0.25, -0.2) is 13.6 Å². The maximum atomic E-state index is 13.7. The first-order chi connectivity index (χ1) is 10.1. The van der Waals surface area contributed by atoms with Gasteiger partial charge in [0.1, 0.15) is 11.6 Å². The number of nitrogens with zero attached hydrogens (tertiary/aromatic N) is 2. The number of aromatic nitrogens is 2. The van der Waals surface area contributed by atoms with E-state index in [4.69, 9.17) is 5.11 Å². The zero-order chi connectivity index (χ0) is 15.0. The summed E-state index contributed by atoms with van der Waals surface area (Å²) in [5.74, 6) is -2.28. The van der Waals surface area contributed by atoms with Crippen LogP contribution in [0.25, 0.3) is 10.9 Å². The third-order valence-electron chi connectivity index (χ3n) is 3.19. The first-order valence-corrected chi connectivity index (χ1v) is 6.19. The maximum absolute atomic E-state index is 13.7. The summed E-state index contributed by atoms with van der Waals surface area (Å²) in [4.78, 5) is 11.2. The highest BCUT2D eigenvalue weighted by Crippen LogP contribution is 2.20. The maximum Gasteiger partial charge on any atom is 0.357 e. The predicted octanol–water partition coefficient (Wildman–Crippen LogP) is 3.06. The van der Waals surface area contributed by atoms with Crippen molar-refractivity contribution in [3.8, 4) is 0 Å². The Morgan fingerprint density at radius 3 is 2.71 bits per heavy atom. The Morgan fingerprint density at radius 2 is 1.95 bits per heavy atom. The third kappa shape index (κ3) is 2.35. The largest absolute Gasteiger partial charge is 0.476 e. The fraction of sp³-hybridized carbons (Fsp3) is 0.0667. The highest BCUT2D eigenvalue weighted by Gasteiger charge is 2.16. The van der Waals surface area contributed by atoms with Crippen LogP contribution in [0, 0.1) is 11.6 Å². The fourth-order valence-electron chi connectivity index (χ4n) is 2.23. The van der Waals surface area contributed by atoms with E-state index in [1.54, 1.807) is 24.3 Å². The number of hydrogen-bond donors (Lipinski definition) is 1. The van der Waals surface area contributed by atoms with Crippen molar-refractivity contribution in [2.75, 3.05) is 0 Å². The summed E-state index contributed by atoms with van der Waals surface area (Å²) in [6, 6.07) is 9.89. The van der Waals surface area contributed by atoms with Gasteiger partial charge >= 0.3 is 5.97 Å². The lowest BCUT2D eigenvalue weighted by Crippen LogP contribution is -2.06. The number of halogens is 2. The van der Waals surface area contributed by atoms with E-state index in [0.717, 1.165) is 18.2 Å². The average molecular weight is 288 g/mol. The Morgan fingerprint density at radius 1 is 1.19 bits per heavy atom. The van der Waals surface area contributed by atoms with Crippen LogP contribution in [0.15, 0.2) is 42.5 Å². The van der Waals surface area contributed by atoms with Crippen LogP contribution >= 0.6 is 0 Å². The molecule has 21 heavy (non-hydrogen) atoms. The number of rotatable bonds is 3. The fourth-order valence-corrected chi connectivity index (χ4v) is 2.23. The minimum atomic E-state index is -1.16. The number of aromatic carboxylic acids is 1. The normalized spacial score (nSPS) is 11.0. The lowest BCUT2D eigenvalue weighted by molar-refractivity contribution is 0.0691. The summed E-state index contributed by atoms with van der Waals surface area (Å²) in [6.45, 7) is -0.0443. The van der Waals surface area contributed by atoms with E-state index in [0.29, 0.717) is 10.9 Å². The van der Waals surface area contributed by atoms with Crippen molar-refractivity contribution in [2.24, 2.45) is 0 Å². The molecule has 0 atom stereocenters. The van der Waals surface area contributed by atoms with Crippen molar-refractivity contribution in [3.63, 3.8) is 0 Å². The van der Waals surface area contributed by atoms with Crippen molar-refractivity contribution < 1.29 is 18.7 Å². The molecular formula is C15H10F2N2O2. The van der Waals surface area contributed by atoms with Gasteiger partial charge in [-0.3, -0.25) is 4.68 Å². The van der Waals surface area contributed by atoms with E-state index in [1.807, 2.05) is 0 Å². The SMILES string of the molecule is O=C(O)c1nn(Cc2cc(F)ccc2F)c2ccccc12. The molecule has 3 rings (SSSR count). The standard InChI is InChI=1S/C15H10F2N2O2/c16-10-5-6-12(17)9(7-10)8-19-13-4-2-1-3-11(13)14(18-19)15(20)21/h1-7H,8H2,(H,20,21). The van der Waals surface area contributed by atoms with Crippen LogP contribution in [0.4, 0.5) is 8.78 Å². The van der Waals surface area contributed by atoms with Gasteiger partial charge in [-0.2, -0.15) is 5.10 Å². The molecule has 1 aromatic heterocycles. The number of carboxylic acid groups (broad SMARTS) is 1. The van der Waals surface area contributed by atoms with Crippen LogP contribution in [0.1, 0.15) is 16.1 Å². The molecule has 0 amide bonds. The first-order valence-electron chi connectivity index (χ1n) is 6.19. The third-order valence-corrected chi connectivity index (χ3v) is 3.19. The second kappa shape index (κ2) is 4.97. The summed E-state index contributed by atoms with van der Waals surface area (Å²) < 4.78 is 28.3. The van der Waals surface area contributed by atoms with Crippen LogP contribution in [-0.4, -0.2) is 20.9 Å². The Balaban J connectivity index is 2.13. The lowest BCUT2D eigenvalue weighted by atomic mass is 10.2. The van der Waals surface area contributed by atoms with Gasteiger partial charge in [0.05, 0.1) is 12.1 Å². The predicted molar refractivity (Wildman–Crippen MR) is 72.2 cm³/mol. The molecule has 0 saturated carbocycles. The molecule has 3 aromatic rings. The van der Waals surface area contributed by atoms with Crippen molar-refractivity contribution in [3.05, 3.63) is 65.4 Å². The molecule has 0 fully saturated rings. The van der Waals surface area contributed by atoms with Gasteiger partial charge in [0.25, 0.3) is 0 Å². The van der Waals surface area contributed by atoms with Gasteiger partial charge in [0.15, 0.2) is 5.69 Å². The smallest absolute Gasteiger partial charge is 0.357 e. The zero-order valence-electron chi connectivity index (χ0n) is 10.8. The molecule has 106 valence electrons. The number of para-hydroxylation sites is 1. The molecule has 6 heteroatoms. The Labute approximate surface area is 118 Å². The average Bonchev–Trinajstić information content (AvgIpc) is 2.82. The van der Waals surface area contributed by atoms with Crippen LogP contribution in [0.2, 0.25) is 0 Å². The number of carbonyl (C=O) groups is 1. The van der Waals surface area contributed by atoms with E-state index >= 15 is 0 Å². The Hall–Kier alpha value is -2.76. The van der Waals surface area contributed by atoms with E-state index < -0.39 is 17.6 Å². The van der Waals surface area contributed by atoms with Crippen molar-refractivity contribution in [1.29, 1.82) is 0 Å². The molecule has 1 N–H and O–H groups in total. The van der Waals surface area contributed by atoms with Gasteiger partial charge in [-0.05, 0) is 24.3 Å². The molecular weight excluding hydrogens is 278 g/mol. The molecule has 0 saturated heterocycles. The van der Waals surface area contributed by atoms with Crippen molar-refractivity contribution in [2.45, 2.75) is 6.54 Å². The van der Waals surface area contributed by atoms with Crippen molar-refractivity contribution in [1.82, 2.24) is 9.78 Å². The molecule has 1 heterocycles. The van der Waals surface area contributed by atoms with Crippen LogP contribution in [0.5, 0.6) is 0 Å². The van der Waals surface area contributed by atoms with Crippen LogP contribution in [0.3, 0.4) is 0 Å². The monoisotopic (exact) mass is 288 g/mol. The number of carboxylic acids is 1.